The zero-order valence-electron chi connectivity index (χ0n) is 18.0. The molecule has 8 heteroatoms. The number of hydrogen-bond donors (Lipinski definition) is 1. The molecule has 1 saturated heterocycles. The summed E-state index contributed by atoms with van der Waals surface area (Å²) in [6.07, 6.45) is 6.28. The van der Waals surface area contributed by atoms with E-state index in [1.807, 2.05) is 36.5 Å². The Labute approximate surface area is 182 Å². The molecule has 2 aromatic heterocycles. The van der Waals surface area contributed by atoms with Crippen LogP contribution in [0.3, 0.4) is 0 Å². The number of nitrogens with zero attached hydrogens (tertiary/aromatic N) is 5. The predicted molar refractivity (Wildman–Crippen MR) is 118 cm³/mol. The zero-order valence-corrected chi connectivity index (χ0v) is 18.0. The summed E-state index contributed by atoms with van der Waals surface area (Å²) in [5.41, 5.74) is 2.87. The van der Waals surface area contributed by atoms with Crippen LogP contribution in [0.15, 0.2) is 48.8 Å². The fraction of sp³-hybridized carbons (Fsp3) is 0.391. The third-order valence-electron chi connectivity index (χ3n) is 5.69. The first-order chi connectivity index (χ1) is 15.2. The number of aryl methyl sites for hydroxylation is 1. The zero-order chi connectivity index (χ0) is 21.6. The second-order valence-corrected chi connectivity index (χ2v) is 7.73. The molecule has 3 heterocycles. The number of anilines is 1. The lowest BCUT2D eigenvalue weighted by Gasteiger charge is -2.19. The van der Waals surface area contributed by atoms with Gasteiger partial charge in [-0.25, -0.2) is 0 Å². The molecule has 1 N–H and O–H groups in total. The topological polar surface area (TPSA) is 85.2 Å². The summed E-state index contributed by atoms with van der Waals surface area (Å²) in [4.78, 5) is 18.4. The molecule has 4 rings (SSSR count). The van der Waals surface area contributed by atoms with E-state index in [-0.39, 0.29) is 12.0 Å². The molecular weight excluding hydrogens is 392 g/mol. The Bertz CT molecular complexity index is 1020. The lowest BCUT2D eigenvalue weighted by atomic mass is 10.1. The molecule has 0 spiro atoms. The lowest BCUT2D eigenvalue weighted by Crippen LogP contribution is -2.26. The minimum Gasteiger partial charge on any atom is -0.380 e. The van der Waals surface area contributed by atoms with Crippen molar-refractivity contribution in [2.45, 2.75) is 31.9 Å². The van der Waals surface area contributed by atoms with Crippen molar-refractivity contribution < 1.29 is 9.53 Å². The van der Waals surface area contributed by atoms with Gasteiger partial charge < -0.3 is 15.0 Å². The second-order valence-electron chi connectivity index (χ2n) is 7.73. The van der Waals surface area contributed by atoms with E-state index >= 15 is 0 Å². The van der Waals surface area contributed by atoms with Crippen molar-refractivity contribution in [2.24, 2.45) is 0 Å². The third kappa shape index (κ3) is 4.91. The van der Waals surface area contributed by atoms with Crippen LogP contribution in [0.5, 0.6) is 0 Å². The van der Waals surface area contributed by atoms with E-state index in [1.165, 1.54) is 0 Å². The van der Waals surface area contributed by atoms with E-state index in [9.17, 15) is 4.79 Å². The molecule has 1 fully saturated rings. The largest absolute Gasteiger partial charge is 0.380 e. The first kappa shape index (κ1) is 21.0. The summed E-state index contributed by atoms with van der Waals surface area (Å²) in [6, 6.07) is 11.7. The van der Waals surface area contributed by atoms with Gasteiger partial charge >= 0.3 is 0 Å². The molecule has 31 heavy (non-hydrogen) atoms. The Balaban J connectivity index is 1.58. The number of nitrogens with one attached hydrogen (secondary N) is 1. The van der Waals surface area contributed by atoms with Crippen LogP contribution in [0.2, 0.25) is 0 Å². The third-order valence-corrected chi connectivity index (χ3v) is 5.69. The average Bonchev–Trinajstić information content (AvgIpc) is 3.45. The highest BCUT2D eigenvalue weighted by Gasteiger charge is 2.27. The second kappa shape index (κ2) is 9.70. The van der Waals surface area contributed by atoms with Crippen LogP contribution in [0.1, 0.15) is 33.7 Å². The Hall–Kier alpha value is -3.26. The number of carbonyl (C=O) groups excluding carboxylic acids is 1. The summed E-state index contributed by atoms with van der Waals surface area (Å²) < 4.78 is 7.73. The fourth-order valence-corrected chi connectivity index (χ4v) is 3.96. The van der Waals surface area contributed by atoms with Crippen molar-refractivity contribution in [3.8, 4) is 0 Å². The first-order valence-corrected chi connectivity index (χ1v) is 10.6. The van der Waals surface area contributed by atoms with Gasteiger partial charge in [-0.1, -0.05) is 18.2 Å². The van der Waals surface area contributed by atoms with Gasteiger partial charge in [0.2, 0.25) is 5.95 Å². The fourth-order valence-electron chi connectivity index (χ4n) is 3.96. The maximum Gasteiger partial charge on any atom is 0.251 e. The van der Waals surface area contributed by atoms with Gasteiger partial charge in [-0.05, 0) is 42.2 Å². The highest BCUT2D eigenvalue weighted by molar-refractivity contribution is 5.94. The van der Waals surface area contributed by atoms with E-state index in [0.29, 0.717) is 12.0 Å². The molecule has 0 radical (unpaired) electrons. The lowest BCUT2D eigenvalue weighted by molar-refractivity contribution is 0.0963. The minimum absolute atomic E-state index is 0.0771. The number of amides is 1. The van der Waals surface area contributed by atoms with Gasteiger partial charge in [0.15, 0.2) is 0 Å². The van der Waals surface area contributed by atoms with E-state index in [0.717, 1.165) is 55.4 Å². The average molecular weight is 421 g/mol. The van der Waals surface area contributed by atoms with Gasteiger partial charge in [0.25, 0.3) is 5.91 Å². The number of hydrogen-bond acceptors (Lipinski definition) is 6. The first-order valence-electron chi connectivity index (χ1n) is 10.6. The molecule has 0 unspecified atom stereocenters. The number of carbonyl (C=O) groups is 1. The molecule has 0 saturated carbocycles. The summed E-state index contributed by atoms with van der Waals surface area (Å²) in [6.45, 7) is 2.44. The maximum absolute atomic E-state index is 12.0. The number of ether oxygens (including phenoxy) is 1. The molecule has 162 valence electrons. The van der Waals surface area contributed by atoms with Crippen LogP contribution in [-0.4, -0.2) is 59.0 Å². The van der Waals surface area contributed by atoms with Crippen LogP contribution >= 0.6 is 0 Å². The Morgan fingerprint density at radius 3 is 2.84 bits per heavy atom. The van der Waals surface area contributed by atoms with Crippen LogP contribution < -0.4 is 10.2 Å². The molecule has 3 aromatic rings. The summed E-state index contributed by atoms with van der Waals surface area (Å²) in [7, 11) is 3.40. The van der Waals surface area contributed by atoms with E-state index in [1.54, 1.807) is 20.4 Å². The summed E-state index contributed by atoms with van der Waals surface area (Å²) in [5.74, 6) is 1.71. The quantitative estimate of drug-likeness (QED) is 0.601. The van der Waals surface area contributed by atoms with Crippen molar-refractivity contribution in [1.82, 2.24) is 25.1 Å². The maximum atomic E-state index is 12.0. The van der Waals surface area contributed by atoms with E-state index in [4.69, 9.17) is 4.74 Å². The van der Waals surface area contributed by atoms with E-state index in [2.05, 4.69) is 36.0 Å². The van der Waals surface area contributed by atoms with E-state index < -0.39 is 0 Å². The molecule has 8 nitrogen and oxygen atoms in total. The highest BCUT2D eigenvalue weighted by Crippen LogP contribution is 2.23. The Kier molecular flexibility index (Phi) is 6.57. The van der Waals surface area contributed by atoms with Crippen LogP contribution in [-0.2, 0) is 24.1 Å². The summed E-state index contributed by atoms with van der Waals surface area (Å²) >= 11 is 0. The van der Waals surface area contributed by atoms with Gasteiger partial charge in [-0.15, -0.1) is 10.2 Å². The molecule has 1 aliphatic heterocycles. The molecule has 1 atom stereocenters. The number of rotatable bonds is 8. The molecule has 1 aromatic carbocycles. The van der Waals surface area contributed by atoms with Crippen molar-refractivity contribution >= 4 is 11.9 Å². The number of pyridine rings is 1. The molecule has 0 bridgehead atoms. The predicted octanol–water partition coefficient (Wildman–Crippen LogP) is 2.09. The van der Waals surface area contributed by atoms with Crippen molar-refractivity contribution in [1.29, 1.82) is 0 Å². The highest BCUT2D eigenvalue weighted by atomic mass is 16.5. The monoisotopic (exact) mass is 420 g/mol. The van der Waals surface area contributed by atoms with Gasteiger partial charge in [0.1, 0.15) is 5.82 Å². The number of methoxy groups -OCH3 is 1. The smallest absolute Gasteiger partial charge is 0.251 e. The molecule has 1 aliphatic rings. The van der Waals surface area contributed by atoms with Crippen LogP contribution in [0.25, 0.3) is 0 Å². The van der Waals surface area contributed by atoms with Gasteiger partial charge in [0.05, 0.1) is 6.10 Å². The molecule has 0 aliphatic carbocycles. The van der Waals surface area contributed by atoms with Crippen LogP contribution in [0.4, 0.5) is 5.95 Å². The minimum atomic E-state index is -0.0771. The Morgan fingerprint density at radius 1 is 1.23 bits per heavy atom. The van der Waals surface area contributed by atoms with Gasteiger partial charge in [-0.2, -0.15) is 0 Å². The standard InChI is InChI=1S/C23H28N6O2/c1-24-22(30)19-7-3-5-17(13-19)8-12-29-21(14-18-6-4-10-25-15-18)26-27-23(29)28-11-9-20(16-28)31-2/h3-7,10,13,15,20H,8-9,11-12,14,16H2,1-2H3,(H,24,30)/t20-/m0/s1. The number of aromatic nitrogens is 4. The van der Waals surface area contributed by atoms with Gasteiger partial charge in [-0.3, -0.25) is 14.3 Å². The SMILES string of the molecule is CNC(=O)c1cccc(CCn2c(Cc3cccnc3)nnc2N2CC[C@H](OC)C2)c1. The van der Waals surface area contributed by atoms with Crippen molar-refractivity contribution in [3.05, 3.63) is 71.3 Å². The van der Waals surface area contributed by atoms with Crippen molar-refractivity contribution in [2.75, 3.05) is 32.1 Å². The molecular formula is C23H28N6O2. The normalized spacial score (nSPS) is 15.9. The van der Waals surface area contributed by atoms with Crippen LogP contribution in [0, 0.1) is 0 Å². The summed E-state index contributed by atoms with van der Waals surface area (Å²) in [5, 5.41) is 11.7. The molecule has 1 amide bonds. The van der Waals surface area contributed by atoms with Gasteiger partial charge in [0, 0.05) is 58.2 Å². The Morgan fingerprint density at radius 2 is 2.10 bits per heavy atom. The number of benzene rings is 1. The van der Waals surface area contributed by atoms with Crippen molar-refractivity contribution in [3.63, 3.8) is 0 Å².